The number of benzene rings is 2. The van der Waals surface area contributed by atoms with Crippen molar-refractivity contribution in [2.24, 2.45) is 5.92 Å². The Hall–Kier alpha value is -1.24. The Balaban J connectivity index is 1.17. The summed E-state index contributed by atoms with van der Waals surface area (Å²) in [5, 5.41) is 0.925. The van der Waals surface area contributed by atoms with Crippen molar-refractivity contribution in [3.05, 3.63) is 63.6 Å². The predicted molar refractivity (Wildman–Crippen MR) is 125 cm³/mol. The number of nitrogens with zero attached hydrogens (tertiary/aromatic N) is 2. The van der Waals surface area contributed by atoms with Crippen LogP contribution in [-0.4, -0.2) is 51.9 Å². The molecule has 1 aliphatic carbocycles. The van der Waals surface area contributed by atoms with Crippen molar-refractivity contribution >= 4 is 40.0 Å². The van der Waals surface area contributed by atoms with Crippen molar-refractivity contribution in [1.82, 2.24) is 9.21 Å². The Morgan fingerprint density at radius 3 is 2.58 bits per heavy atom. The summed E-state index contributed by atoms with van der Waals surface area (Å²) < 4.78 is 15.0. The van der Waals surface area contributed by atoms with Crippen LogP contribution in [0.3, 0.4) is 0 Å². The molecule has 2 aliphatic heterocycles. The lowest BCUT2D eigenvalue weighted by atomic mass is 9.73. The Morgan fingerprint density at radius 2 is 1.81 bits per heavy atom. The second-order valence-corrected chi connectivity index (χ2v) is 11.4. The Labute approximate surface area is 196 Å². The average Bonchev–Trinajstić information content (AvgIpc) is 3.35. The van der Waals surface area contributed by atoms with E-state index >= 15 is 0 Å². The van der Waals surface area contributed by atoms with Gasteiger partial charge in [0, 0.05) is 37.0 Å². The smallest absolute Gasteiger partial charge is 0.164 e. The summed E-state index contributed by atoms with van der Waals surface area (Å²) in [6.07, 6.45) is 3.80. The van der Waals surface area contributed by atoms with E-state index in [9.17, 15) is 9.00 Å². The van der Waals surface area contributed by atoms with Crippen LogP contribution in [0.2, 0.25) is 10.0 Å². The molecule has 4 nitrogen and oxygen atoms in total. The lowest BCUT2D eigenvalue weighted by Crippen LogP contribution is -2.43. The van der Waals surface area contributed by atoms with E-state index in [1.807, 2.05) is 16.4 Å². The van der Waals surface area contributed by atoms with Gasteiger partial charge in [-0.3, -0.25) is 4.79 Å². The molecule has 1 spiro atoms. The molecule has 3 aliphatic rings. The van der Waals surface area contributed by atoms with Crippen molar-refractivity contribution in [2.75, 3.05) is 32.7 Å². The number of halogens is 2. The Kier molecular flexibility index (Phi) is 5.99. The predicted octanol–water partition coefficient (Wildman–Crippen LogP) is 4.96. The van der Waals surface area contributed by atoms with Gasteiger partial charge in [0.25, 0.3) is 0 Å². The molecule has 2 aromatic rings. The van der Waals surface area contributed by atoms with E-state index in [0.29, 0.717) is 33.1 Å². The molecule has 5 rings (SSSR count). The van der Waals surface area contributed by atoms with Gasteiger partial charge in [0.15, 0.2) is 5.78 Å². The van der Waals surface area contributed by atoms with Gasteiger partial charge in [-0.05, 0) is 62.0 Å². The zero-order valence-corrected chi connectivity index (χ0v) is 19.7. The van der Waals surface area contributed by atoms with Crippen LogP contribution in [-0.2, 0) is 16.4 Å². The average molecular weight is 477 g/mol. The minimum atomic E-state index is -1.21. The molecule has 0 N–H and O–H groups in total. The van der Waals surface area contributed by atoms with Crippen LogP contribution in [0.4, 0.5) is 0 Å². The maximum atomic E-state index is 13.0. The molecule has 164 valence electrons. The number of piperidine rings is 1. The van der Waals surface area contributed by atoms with Gasteiger partial charge in [0.2, 0.25) is 0 Å². The minimum absolute atomic E-state index is 0.0429. The van der Waals surface area contributed by atoms with E-state index in [1.165, 1.54) is 5.56 Å². The molecule has 7 heteroatoms. The maximum absolute atomic E-state index is 13.0. The molecule has 2 heterocycles. The number of carbonyl (C=O) groups excluding carboxylic acids is 1. The second kappa shape index (κ2) is 8.60. The third-order valence-electron chi connectivity index (χ3n) is 7.20. The molecule has 2 aromatic carbocycles. The first-order valence-corrected chi connectivity index (χ1v) is 12.8. The van der Waals surface area contributed by atoms with Crippen molar-refractivity contribution in [1.29, 1.82) is 0 Å². The molecule has 2 atom stereocenters. The van der Waals surface area contributed by atoms with Gasteiger partial charge in [-0.15, -0.1) is 0 Å². The van der Waals surface area contributed by atoms with E-state index in [1.54, 1.807) is 18.2 Å². The van der Waals surface area contributed by atoms with Gasteiger partial charge in [-0.2, -0.15) is 0 Å². The largest absolute Gasteiger partial charge is 0.303 e. The summed E-state index contributed by atoms with van der Waals surface area (Å²) in [5.41, 5.74) is 2.25. The zero-order chi connectivity index (χ0) is 21.6. The van der Waals surface area contributed by atoms with E-state index in [0.717, 1.165) is 57.5 Å². The first-order chi connectivity index (χ1) is 14.9. The van der Waals surface area contributed by atoms with Gasteiger partial charge >= 0.3 is 0 Å². The number of ketones is 1. The molecule has 2 unspecified atom stereocenters. The molecule has 0 amide bonds. The summed E-state index contributed by atoms with van der Waals surface area (Å²) in [7, 11) is -1.21. The minimum Gasteiger partial charge on any atom is -0.303 e. The molecule has 0 saturated carbocycles. The molecule has 0 aromatic heterocycles. The quantitative estimate of drug-likeness (QED) is 0.625. The van der Waals surface area contributed by atoms with Crippen LogP contribution in [0.1, 0.15) is 41.6 Å². The molecular formula is C24H26Cl2N2O2S. The number of rotatable bonds is 4. The summed E-state index contributed by atoms with van der Waals surface area (Å²) in [6.45, 7) is 4.73. The number of hydrogen-bond acceptors (Lipinski definition) is 3. The first-order valence-electron chi connectivity index (χ1n) is 10.9. The Bertz CT molecular complexity index is 1040. The van der Waals surface area contributed by atoms with Crippen molar-refractivity contribution in [2.45, 2.75) is 36.0 Å². The van der Waals surface area contributed by atoms with E-state index in [-0.39, 0.29) is 5.41 Å². The normalized spacial score (nSPS) is 24.6. The van der Waals surface area contributed by atoms with Crippen LogP contribution in [0.25, 0.3) is 0 Å². The first kappa shape index (κ1) is 21.6. The highest BCUT2D eigenvalue weighted by molar-refractivity contribution is 7.82. The zero-order valence-electron chi connectivity index (χ0n) is 17.4. The van der Waals surface area contributed by atoms with Crippen molar-refractivity contribution in [3.63, 3.8) is 0 Å². The third-order valence-corrected chi connectivity index (χ3v) is 9.40. The fourth-order valence-corrected chi connectivity index (χ4v) is 7.17. The van der Waals surface area contributed by atoms with Crippen molar-refractivity contribution in [3.8, 4) is 0 Å². The van der Waals surface area contributed by atoms with Gasteiger partial charge in [-0.25, -0.2) is 8.51 Å². The number of Topliss-reactive ketones (excluding diaryl/α,β-unsaturated/α-hetero) is 1. The molecule has 31 heavy (non-hydrogen) atoms. The van der Waals surface area contributed by atoms with Gasteiger partial charge in [0.05, 0.1) is 14.9 Å². The van der Waals surface area contributed by atoms with E-state index < -0.39 is 11.0 Å². The highest BCUT2D eigenvalue weighted by Crippen LogP contribution is 2.46. The molecular weight excluding hydrogens is 451 g/mol. The highest BCUT2D eigenvalue weighted by atomic mass is 35.5. The van der Waals surface area contributed by atoms with Crippen LogP contribution >= 0.6 is 23.2 Å². The number of hydrogen-bond donors (Lipinski definition) is 0. The standard InChI is InChI=1S/C24H26Cl2N2O2S/c25-21-6-5-18(13-22(21)26)31(30)28-10-7-17(16-28)15-27-11-8-24(9-12-27)14-23(29)19-3-1-2-4-20(19)24/h1-6,13,17H,7-12,14-16H2. The van der Waals surface area contributed by atoms with Crippen LogP contribution in [0.15, 0.2) is 47.4 Å². The summed E-state index contributed by atoms with van der Waals surface area (Å²) in [6, 6.07) is 13.4. The second-order valence-electron chi connectivity index (χ2n) is 9.09. The van der Waals surface area contributed by atoms with E-state index in [4.69, 9.17) is 23.2 Å². The van der Waals surface area contributed by atoms with E-state index in [2.05, 4.69) is 17.0 Å². The molecule has 2 saturated heterocycles. The SMILES string of the molecule is O=C1CC2(CCN(CC3CCN(S(=O)c4ccc(Cl)c(Cl)c4)C3)CC2)c2ccccc21. The topological polar surface area (TPSA) is 40.6 Å². The highest BCUT2D eigenvalue weighted by Gasteiger charge is 2.45. The lowest BCUT2D eigenvalue weighted by molar-refractivity contribution is 0.0925. The van der Waals surface area contributed by atoms with Crippen LogP contribution in [0.5, 0.6) is 0 Å². The van der Waals surface area contributed by atoms with Gasteiger partial charge in [0.1, 0.15) is 11.0 Å². The molecule has 0 radical (unpaired) electrons. The fraction of sp³-hybridized carbons (Fsp3) is 0.458. The monoisotopic (exact) mass is 476 g/mol. The van der Waals surface area contributed by atoms with Gasteiger partial charge in [-0.1, -0.05) is 47.5 Å². The van der Waals surface area contributed by atoms with Crippen LogP contribution in [0, 0.1) is 5.92 Å². The fourth-order valence-electron chi connectivity index (χ4n) is 5.49. The van der Waals surface area contributed by atoms with Gasteiger partial charge < -0.3 is 4.90 Å². The molecule has 0 bridgehead atoms. The molecule has 2 fully saturated rings. The summed E-state index contributed by atoms with van der Waals surface area (Å²) in [5.74, 6) is 0.818. The summed E-state index contributed by atoms with van der Waals surface area (Å²) in [4.78, 5) is 15.7. The number of carbonyl (C=O) groups is 1. The van der Waals surface area contributed by atoms with Crippen LogP contribution < -0.4 is 0 Å². The maximum Gasteiger partial charge on any atom is 0.164 e. The number of fused-ring (bicyclic) bond motifs is 2. The lowest BCUT2D eigenvalue weighted by Gasteiger charge is -2.40. The Morgan fingerprint density at radius 1 is 1.03 bits per heavy atom. The number of likely N-dealkylation sites (tertiary alicyclic amines) is 1. The third kappa shape index (κ3) is 4.11. The van der Waals surface area contributed by atoms with Crippen molar-refractivity contribution < 1.29 is 9.00 Å². The summed E-state index contributed by atoms with van der Waals surface area (Å²) >= 11 is 12.1.